The van der Waals surface area contributed by atoms with Gasteiger partial charge >= 0.3 is 0 Å². The highest BCUT2D eigenvalue weighted by atomic mass is 14.6. The van der Waals surface area contributed by atoms with Crippen molar-refractivity contribution in [2.45, 2.75) is 39.5 Å². The van der Waals surface area contributed by atoms with Crippen molar-refractivity contribution >= 4 is 0 Å². The van der Waals surface area contributed by atoms with Gasteiger partial charge in [-0.1, -0.05) is 32.4 Å². The van der Waals surface area contributed by atoms with Crippen LogP contribution in [0.5, 0.6) is 0 Å². The minimum atomic E-state index is 0.966. The summed E-state index contributed by atoms with van der Waals surface area (Å²) in [5, 5.41) is 0. The Morgan fingerprint density at radius 2 is 2.08 bits per heavy atom. The summed E-state index contributed by atoms with van der Waals surface area (Å²) in [6.07, 6.45) is 10.5. The second kappa shape index (κ2) is 3.24. The lowest BCUT2D eigenvalue weighted by Gasteiger charge is -2.58. The molecule has 0 N–H and O–H groups in total. The van der Waals surface area contributed by atoms with Crippen molar-refractivity contribution < 1.29 is 0 Å². The van der Waals surface area contributed by atoms with Crippen molar-refractivity contribution in [3.05, 3.63) is 12.2 Å². The van der Waals surface area contributed by atoms with Crippen LogP contribution in [0.4, 0.5) is 0 Å². The summed E-state index contributed by atoms with van der Waals surface area (Å²) in [5.41, 5.74) is 0. The molecule has 0 aromatic heterocycles. The van der Waals surface area contributed by atoms with Crippen LogP contribution in [0.3, 0.4) is 0 Å². The Hall–Kier alpha value is -0.260. The Kier molecular flexibility index (Phi) is 2.25. The van der Waals surface area contributed by atoms with Crippen molar-refractivity contribution in [1.29, 1.82) is 0 Å². The molecular formula is C12H20. The number of rotatable bonds is 3. The van der Waals surface area contributed by atoms with Crippen LogP contribution < -0.4 is 0 Å². The maximum atomic E-state index is 2.48. The molecule has 0 bridgehead atoms. The Bertz CT molecular complexity index is 180. The predicted octanol–water partition coefficient (Wildman–Crippen LogP) is 3.63. The number of hydrogen-bond donors (Lipinski definition) is 0. The van der Waals surface area contributed by atoms with E-state index < -0.39 is 0 Å². The molecule has 12 heavy (non-hydrogen) atoms. The Labute approximate surface area is 76.1 Å². The molecule has 0 heteroatoms. The first-order chi connectivity index (χ1) is 5.86. The molecule has 2 fully saturated rings. The van der Waals surface area contributed by atoms with Crippen molar-refractivity contribution in [3.8, 4) is 0 Å². The molecule has 0 saturated heterocycles. The van der Waals surface area contributed by atoms with Crippen molar-refractivity contribution in [2.75, 3.05) is 0 Å². The standard InChI is InChI=1S/C12H20/c1-3-5-6-10-8-11-7-9(4-2)12(10)11/h5-6,9-12H,3-4,7-8H2,1-2H3. The molecule has 68 valence electrons. The smallest absolute Gasteiger partial charge is 0.0197 e. The highest BCUT2D eigenvalue weighted by Crippen LogP contribution is 2.59. The molecular weight excluding hydrogens is 144 g/mol. The van der Waals surface area contributed by atoms with E-state index in [4.69, 9.17) is 0 Å². The molecule has 4 unspecified atom stereocenters. The van der Waals surface area contributed by atoms with Crippen molar-refractivity contribution in [1.82, 2.24) is 0 Å². The lowest BCUT2D eigenvalue weighted by Crippen LogP contribution is -2.50. The maximum absolute atomic E-state index is 2.48. The van der Waals surface area contributed by atoms with Gasteiger partial charge in [0.2, 0.25) is 0 Å². The van der Waals surface area contributed by atoms with Gasteiger partial charge in [0.05, 0.1) is 0 Å². The van der Waals surface area contributed by atoms with E-state index in [1.54, 1.807) is 0 Å². The van der Waals surface area contributed by atoms with Gasteiger partial charge in [-0.05, 0) is 42.9 Å². The fourth-order valence-electron chi connectivity index (χ4n) is 3.11. The molecule has 0 aromatic rings. The second-order valence-corrected chi connectivity index (χ2v) is 4.48. The summed E-state index contributed by atoms with van der Waals surface area (Å²) in [6.45, 7) is 4.57. The topological polar surface area (TPSA) is 0 Å². The molecule has 2 saturated carbocycles. The highest BCUT2D eigenvalue weighted by Gasteiger charge is 2.51. The average Bonchev–Trinajstić information content (AvgIpc) is 2.06. The highest BCUT2D eigenvalue weighted by molar-refractivity contribution is 5.08. The Morgan fingerprint density at radius 3 is 2.67 bits per heavy atom. The van der Waals surface area contributed by atoms with Gasteiger partial charge in [-0.25, -0.2) is 0 Å². The van der Waals surface area contributed by atoms with Crippen LogP contribution in [0.2, 0.25) is 0 Å². The average molecular weight is 164 g/mol. The third kappa shape index (κ3) is 1.12. The summed E-state index contributed by atoms with van der Waals surface area (Å²) >= 11 is 0. The van der Waals surface area contributed by atoms with Crippen LogP contribution in [-0.2, 0) is 0 Å². The minimum Gasteiger partial charge on any atom is -0.0885 e. The monoisotopic (exact) mass is 164 g/mol. The number of allylic oxidation sites excluding steroid dienone is 2. The van der Waals surface area contributed by atoms with Gasteiger partial charge in [-0.15, -0.1) is 0 Å². The molecule has 0 aromatic carbocycles. The third-order valence-corrected chi connectivity index (χ3v) is 3.91. The zero-order valence-electron chi connectivity index (χ0n) is 8.29. The lowest BCUT2D eigenvalue weighted by atomic mass is 9.47. The van der Waals surface area contributed by atoms with Crippen LogP contribution in [0.15, 0.2) is 12.2 Å². The van der Waals surface area contributed by atoms with Crippen LogP contribution >= 0.6 is 0 Å². The Morgan fingerprint density at radius 1 is 1.25 bits per heavy atom. The first-order valence-electron chi connectivity index (χ1n) is 5.53. The minimum absolute atomic E-state index is 0.966. The van der Waals surface area contributed by atoms with E-state index in [1.165, 1.54) is 25.7 Å². The molecule has 2 rings (SSSR count). The van der Waals surface area contributed by atoms with E-state index >= 15 is 0 Å². The largest absolute Gasteiger partial charge is 0.0885 e. The van der Waals surface area contributed by atoms with Gasteiger partial charge in [-0.3, -0.25) is 0 Å². The van der Waals surface area contributed by atoms with Crippen LogP contribution in [0.1, 0.15) is 39.5 Å². The lowest BCUT2D eigenvalue weighted by molar-refractivity contribution is -0.0686. The molecule has 0 radical (unpaired) electrons. The van der Waals surface area contributed by atoms with Crippen molar-refractivity contribution in [3.63, 3.8) is 0 Å². The summed E-state index contributed by atoms with van der Waals surface area (Å²) in [4.78, 5) is 0. The summed E-state index contributed by atoms with van der Waals surface area (Å²) in [7, 11) is 0. The summed E-state index contributed by atoms with van der Waals surface area (Å²) < 4.78 is 0. The molecule has 0 spiro atoms. The summed E-state index contributed by atoms with van der Waals surface area (Å²) in [6, 6.07) is 0. The van der Waals surface area contributed by atoms with E-state index in [2.05, 4.69) is 26.0 Å². The fraction of sp³-hybridized carbons (Fsp3) is 0.833. The number of hydrogen-bond acceptors (Lipinski definition) is 0. The van der Waals surface area contributed by atoms with Crippen LogP contribution in [-0.4, -0.2) is 0 Å². The molecule has 0 amide bonds. The second-order valence-electron chi connectivity index (χ2n) is 4.48. The van der Waals surface area contributed by atoms with Gasteiger partial charge in [0.15, 0.2) is 0 Å². The zero-order valence-corrected chi connectivity index (χ0v) is 8.29. The first kappa shape index (κ1) is 8.34. The maximum Gasteiger partial charge on any atom is -0.0197 e. The number of fused-ring (bicyclic) bond motifs is 1. The van der Waals surface area contributed by atoms with E-state index in [1.807, 2.05) is 0 Å². The molecule has 2 aliphatic rings. The zero-order chi connectivity index (χ0) is 8.55. The summed E-state index contributed by atoms with van der Waals surface area (Å²) in [5.74, 6) is 4.27. The quantitative estimate of drug-likeness (QED) is 0.559. The van der Waals surface area contributed by atoms with E-state index in [9.17, 15) is 0 Å². The van der Waals surface area contributed by atoms with Crippen LogP contribution in [0, 0.1) is 23.7 Å². The van der Waals surface area contributed by atoms with Gasteiger partial charge < -0.3 is 0 Å². The van der Waals surface area contributed by atoms with Gasteiger partial charge in [0.25, 0.3) is 0 Å². The first-order valence-corrected chi connectivity index (χ1v) is 5.53. The molecule has 0 heterocycles. The molecule has 0 aliphatic heterocycles. The Balaban J connectivity index is 1.84. The van der Waals surface area contributed by atoms with E-state index in [0.717, 1.165) is 23.7 Å². The fourth-order valence-corrected chi connectivity index (χ4v) is 3.11. The van der Waals surface area contributed by atoms with Crippen molar-refractivity contribution in [2.24, 2.45) is 23.7 Å². The normalized spacial score (nSPS) is 45.2. The third-order valence-electron chi connectivity index (χ3n) is 3.91. The molecule has 0 nitrogen and oxygen atoms in total. The van der Waals surface area contributed by atoms with E-state index in [0.29, 0.717) is 0 Å². The molecule has 2 aliphatic carbocycles. The molecule has 4 atom stereocenters. The van der Waals surface area contributed by atoms with Crippen LogP contribution in [0.25, 0.3) is 0 Å². The van der Waals surface area contributed by atoms with Gasteiger partial charge in [0, 0.05) is 0 Å². The van der Waals surface area contributed by atoms with E-state index in [-0.39, 0.29) is 0 Å². The SMILES string of the molecule is CCC=CC1CC2CC(CC)C12. The van der Waals surface area contributed by atoms with Gasteiger partial charge in [0.1, 0.15) is 0 Å². The predicted molar refractivity (Wildman–Crippen MR) is 52.9 cm³/mol. The van der Waals surface area contributed by atoms with Gasteiger partial charge in [-0.2, -0.15) is 0 Å².